The van der Waals surface area contributed by atoms with Gasteiger partial charge in [0, 0.05) is 13.1 Å². The van der Waals surface area contributed by atoms with Gasteiger partial charge in [-0.15, -0.1) is 0 Å². The number of rotatable bonds is 9. The Morgan fingerprint density at radius 2 is 1.88 bits per heavy atom. The Morgan fingerprint density at radius 1 is 1.16 bits per heavy atom. The van der Waals surface area contributed by atoms with Crippen LogP contribution in [-0.4, -0.2) is 42.5 Å². The van der Waals surface area contributed by atoms with Crippen LogP contribution >= 0.6 is 0 Å². The molecule has 1 heterocycles. The minimum atomic E-state index is -0.124. The van der Waals surface area contributed by atoms with Gasteiger partial charge in [0.1, 0.15) is 6.54 Å². The van der Waals surface area contributed by atoms with Crippen LogP contribution in [0.4, 0.5) is 4.79 Å². The Morgan fingerprint density at radius 3 is 2.64 bits per heavy atom. The van der Waals surface area contributed by atoms with Crippen LogP contribution in [0, 0.1) is 0 Å². The second-order valence-electron chi connectivity index (χ2n) is 6.83. The second-order valence-corrected chi connectivity index (χ2v) is 6.83. The summed E-state index contributed by atoms with van der Waals surface area (Å²) in [5, 5.41) is 5.94. The fraction of sp³-hybridized carbons (Fsp3) is 0.600. The lowest BCUT2D eigenvalue weighted by Crippen LogP contribution is -2.58. The van der Waals surface area contributed by atoms with E-state index in [-0.39, 0.29) is 24.5 Å². The molecule has 25 heavy (non-hydrogen) atoms. The van der Waals surface area contributed by atoms with E-state index in [0.29, 0.717) is 13.1 Å². The SMILES string of the molecule is CCCCCCCCNC(=O)N1CC(=O)N[C@@H](Cc2ccccc2)C1. The molecule has 0 bridgehead atoms. The second kappa shape index (κ2) is 10.7. The van der Waals surface area contributed by atoms with Crippen molar-refractivity contribution in [1.29, 1.82) is 0 Å². The summed E-state index contributed by atoms with van der Waals surface area (Å²) in [6.45, 7) is 3.60. The minimum Gasteiger partial charge on any atom is -0.350 e. The molecule has 0 spiro atoms. The molecule has 1 aromatic rings. The smallest absolute Gasteiger partial charge is 0.317 e. The van der Waals surface area contributed by atoms with Gasteiger partial charge in [0.05, 0.1) is 6.04 Å². The van der Waals surface area contributed by atoms with Crippen LogP contribution in [0.5, 0.6) is 0 Å². The first-order valence-corrected chi connectivity index (χ1v) is 9.55. The van der Waals surface area contributed by atoms with E-state index in [4.69, 9.17) is 0 Å². The quantitative estimate of drug-likeness (QED) is 0.676. The number of nitrogens with one attached hydrogen (secondary N) is 2. The van der Waals surface area contributed by atoms with Gasteiger partial charge in [0.2, 0.25) is 5.91 Å². The maximum atomic E-state index is 12.3. The van der Waals surface area contributed by atoms with E-state index in [9.17, 15) is 9.59 Å². The molecule has 0 aromatic heterocycles. The highest BCUT2D eigenvalue weighted by Crippen LogP contribution is 2.09. The van der Waals surface area contributed by atoms with Crippen LogP contribution in [0.3, 0.4) is 0 Å². The first-order valence-electron chi connectivity index (χ1n) is 9.55. The van der Waals surface area contributed by atoms with Crippen LogP contribution in [0.25, 0.3) is 0 Å². The Labute approximate surface area is 151 Å². The Hall–Kier alpha value is -2.04. The Bertz CT molecular complexity index is 533. The molecule has 0 aliphatic carbocycles. The summed E-state index contributed by atoms with van der Waals surface area (Å²) in [4.78, 5) is 25.9. The summed E-state index contributed by atoms with van der Waals surface area (Å²) < 4.78 is 0. The first-order chi connectivity index (χ1) is 12.2. The number of nitrogens with zero attached hydrogens (tertiary/aromatic N) is 1. The van der Waals surface area contributed by atoms with Gasteiger partial charge in [-0.05, 0) is 18.4 Å². The third-order valence-corrected chi connectivity index (χ3v) is 4.56. The van der Waals surface area contributed by atoms with E-state index in [2.05, 4.69) is 17.6 Å². The van der Waals surface area contributed by atoms with E-state index in [1.54, 1.807) is 4.90 Å². The molecule has 1 atom stereocenters. The lowest BCUT2D eigenvalue weighted by molar-refractivity contribution is -0.124. The van der Waals surface area contributed by atoms with E-state index < -0.39 is 0 Å². The number of urea groups is 1. The predicted molar refractivity (Wildman–Crippen MR) is 100 cm³/mol. The minimum absolute atomic E-state index is 0.0246. The zero-order chi connectivity index (χ0) is 17.9. The number of amides is 3. The zero-order valence-electron chi connectivity index (χ0n) is 15.3. The summed E-state index contributed by atoms with van der Waals surface area (Å²) in [5.74, 6) is -0.0816. The summed E-state index contributed by atoms with van der Waals surface area (Å²) in [5.41, 5.74) is 1.17. The Balaban J connectivity index is 1.71. The molecule has 2 N–H and O–H groups in total. The van der Waals surface area contributed by atoms with Crippen LogP contribution < -0.4 is 10.6 Å². The maximum Gasteiger partial charge on any atom is 0.317 e. The van der Waals surface area contributed by atoms with Crippen LogP contribution in [0.15, 0.2) is 30.3 Å². The molecule has 1 aliphatic heterocycles. The summed E-state index contributed by atoms with van der Waals surface area (Å²) in [6.07, 6.45) is 7.94. The molecule has 1 saturated heterocycles. The van der Waals surface area contributed by atoms with Gasteiger partial charge < -0.3 is 15.5 Å². The topological polar surface area (TPSA) is 61.4 Å². The summed E-state index contributed by atoms with van der Waals surface area (Å²) in [6, 6.07) is 9.90. The largest absolute Gasteiger partial charge is 0.350 e. The molecule has 138 valence electrons. The molecule has 0 unspecified atom stereocenters. The van der Waals surface area contributed by atoms with Crippen LogP contribution in [0.1, 0.15) is 51.0 Å². The third-order valence-electron chi connectivity index (χ3n) is 4.56. The van der Waals surface area contributed by atoms with E-state index in [1.165, 1.54) is 31.2 Å². The van der Waals surface area contributed by atoms with Crippen molar-refractivity contribution in [3.63, 3.8) is 0 Å². The molecule has 0 radical (unpaired) electrons. The third kappa shape index (κ3) is 7.16. The number of carbonyl (C=O) groups is 2. The number of piperazine rings is 1. The summed E-state index contributed by atoms with van der Waals surface area (Å²) >= 11 is 0. The van der Waals surface area contributed by atoms with Gasteiger partial charge >= 0.3 is 6.03 Å². The fourth-order valence-corrected chi connectivity index (χ4v) is 3.20. The molecule has 1 aromatic carbocycles. The van der Waals surface area contributed by atoms with Gasteiger partial charge in [0.25, 0.3) is 0 Å². The van der Waals surface area contributed by atoms with Crippen molar-refractivity contribution >= 4 is 11.9 Å². The van der Waals surface area contributed by atoms with Gasteiger partial charge in [-0.3, -0.25) is 4.79 Å². The van der Waals surface area contributed by atoms with Crippen molar-refractivity contribution in [1.82, 2.24) is 15.5 Å². The van der Waals surface area contributed by atoms with E-state index >= 15 is 0 Å². The number of benzene rings is 1. The van der Waals surface area contributed by atoms with Crippen LogP contribution in [-0.2, 0) is 11.2 Å². The highest BCUT2D eigenvalue weighted by Gasteiger charge is 2.27. The number of unbranched alkanes of at least 4 members (excludes halogenated alkanes) is 5. The number of hydrogen-bond donors (Lipinski definition) is 2. The molecular weight excluding hydrogens is 314 g/mol. The number of hydrogen-bond acceptors (Lipinski definition) is 2. The lowest BCUT2D eigenvalue weighted by Gasteiger charge is -2.33. The molecule has 0 saturated carbocycles. The van der Waals surface area contributed by atoms with Crippen molar-refractivity contribution in [3.8, 4) is 0 Å². The molecule has 5 nitrogen and oxygen atoms in total. The highest BCUT2D eigenvalue weighted by molar-refractivity contribution is 5.85. The van der Waals surface area contributed by atoms with Crippen molar-refractivity contribution in [2.24, 2.45) is 0 Å². The van der Waals surface area contributed by atoms with Crippen molar-refractivity contribution in [2.45, 2.75) is 57.9 Å². The predicted octanol–water partition coefficient (Wildman–Crippen LogP) is 3.10. The monoisotopic (exact) mass is 345 g/mol. The molecule has 3 amide bonds. The van der Waals surface area contributed by atoms with Gasteiger partial charge in [0.15, 0.2) is 0 Å². The molecule has 2 rings (SSSR count). The molecule has 1 aliphatic rings. The fourth-order valence-electron chi connectivity index (χ4n) is 3.20. The van der Waals surface area contributed by atoms with Crippen molar-refractivity contribution in [3.05, 3.63) is 35.9 Å². The normalized spacial score (nSPS) is 17.2. The van der Waals surface area contributed by atoms with Crippen molar-refractivity contribution < 1.29 is 9.59 Å². The average Bonchev–Trinajstić information content (AvgIpc) is 2.61. The van der Waals surface area contributed by atoms with E-state index in [1.807, 2.05) is 30.3 Å². The zero-order valence-corrected chi connectivity index (χ0v) is 15.3. The average molecular weight is 345 g/mol. The molecular formula is C20H31N3O2. The van der Waals surface area contributed by atoms with Gasteiger partial charge in [-0.2, -0.15) is 0 Å². The van der Waals surface area contributed by atoms with Gasteiger partial charge in [-0.1, -0.05) is 69.4 Å². The highest BCUT2D eigenvalue weighted by atomic mass is 16.2. The van der Waals surface area contributed by atoms with E-state index in [0.717, 1.165) is 19.3 Å². The lowest BCUT2D eigenvalue weighted by atomic mass is 10.0. The summed E-state index contributed by atoms with van der Waals surface area (Å²) in [7, 11) is 0. The standard InChI is InChI=1S/C20H31N3O2/c1-2-3-4-5-6-10-13-21-20(25)23-15-18(22-19(24)16-23)14-17-11-8-7-9-12-17/h7-9,11-12,18H,2-6,10,13-16H2,1H3,(H,21,25)(H,22,24)/t18-/m0/s1. The number of carbonyl (C=O) groups excluding carboxylic acids is 2. The van der Waals surface area contributed by atoms with Crippen LogP contribution in [0.2, 0.25) is 0 Å². The maximum absolute atomic E-state index is 12.3. The van der Waals surface area contributed by atoms with Gasteiger partial charge in [-0.25, -0.2) is 4.79 Å². The molecule has 1 fully saturated rings. The molecule has 5 heteroatoms. The Kier molecular flexibility index (Phi) is 8.29. The first kappa shape index (κ1) is 19.3. The van der Waals surface area contributed by atoms with Crippen molar-refractivity contribution in [2.75, 3.05) is 19.6 Å².